The van der Waals surface area contributed by atoms with Gasteiger partial charge in [0.25, 0.3) is 0 Å². The highest BCUT2D eigenvalue weighted by molar-refractivity contribution is 6.47. The highest BCUT2D eigenvalue weighted by Crippen LogP contribution is 2.50. The zero-order chi connectivity index (χ0) is 25.5. The molecule has 0 atom stereocenters. The molecule has 0 radical (unpaired) electrons. The summed E-state index contributed by atoms with van der Waals surface area (Å²) in [5, 5.41) is 16.3. The molecule has 1 heteroatoms. The third kappa shape index (κ3) is 2.74. The number of para-hydroxylation sites is 2. The second-order valence-corrected chi connectivity index (χ2v) is 10.5. The predicted octanol–water partition coefficient (Wildman–Crippen LogP) is 11.0. The lowest BCUT2D eigenvalue weighted by atomic mass is 9.95. The SMILES string of the molecule is c1ccc(N(c2ccccc2)c2ccc3c(c2)c2cccc4c5c6ccccc6c6cccc(c65)c3c24)cc1. The number of hydrogen-bond acceptors (Lipinski definition) is 1. The van der Waals surface area contributed by atoms with Crippen LogP contribution in [0.5, 0.6) is 0 Å². The van der Waals surface area contributed by atoms with Crippen LogP contribution in [0.2, 0.25) is 0 Å². The van der Waals surface area contributed by atoms with Crippen LogP contribution in [-0.2, 0) is 0 Å². The van der Waals surface area contributed by atoms with Crippen LogP contribution in [0.15, 0.2) is 140 Å². The highest BCUT2D eigenvalue weighted by Gasteiger charge is 2.22. The number of anilines is 3. The van der Waals surface area contributed by atoms with Gasteiger partial charge in [0.1, 0.15) is 0 Å². The third-order valence-electron chi connectivity index (χ3n) is 8.50. The molecule has 180 valence electrons. The smallest absolute Gasteiger partial charge is 0.0468 e. The Kier molecular flexibility index (Phi) is 4.11. The van der Waals surface area contributed by atoms with E-state index in [-0.39, 0.29) is 0 Å². The number of benzene rings is 7. The van der Waals surface area contributed by atoms with Crippen LogP contribution in [-0.4, -0.2) is 0 Å². The summed E-state index contributed by atoms with van der Waals surface area (Å²) < 4.78 is 0. The zero-order valence-corrected chi connectivity index (χ0v) is 21.2. The molecule has 0 spiro atoms. The van der Waals surface area contributed by atoms with Crippen molar-refractivity contribution in [2.24, 2.45) is 0 Å². The van der Waals surface area contributed by atoms with Gasteiger partial charge in [-0.25, -0.2) is 0 Å². The molecule has 1 nitrogen and oxygen atoms in total. The molecular weight excluding hydrogens is 470 g/mol. The van der Waals surface area contributed by atoms with Crippen molar-refractivity contribution in [3.05, 3.63) is 140 Å². The maximum absolute atomic E-state index is 2.39. The van der Waals surface area contributed by atoms with Crippen molar-refractivity contribution in [2.45, 2.75) is 0 Å². The van der Waals surface area contributed by atoms with Gasteiger partial charge in [0.2, 0.25) is 0 Å². The summed E-state index contributed by atoms with van der Waals surface area (Å²) in [6.45, 7) is 0. The maximum Gasteiger partial charge on any atom is 0.0468 e. The Labute approximate surface area is 225 Å². The third-order valence-corrected chi connectivity index (χ3v) is 8.50. The second-order valence-electron chi connectivity index (χ2n) is 10.5. The summed E-state index contributed by atoms with van der Waals surface area (Å²) in [5.74, 6) is 0. The molecule has 0 amide bonds. The monoisotopic (exact) mass is 493 g/mol. The summed E-state index contributed by atoms with van der Waals surface area (Å²) in [4.78, 5) is 2.35. The van der Waals surface area contributed by atoms with Gasteiger partial charge in [-0.1, -0.05) is 103 Å². The Morgan fingerprint density at radius 2 is 0.667 bits per heavy atom. The van der Waals surface area contributed by atoms with E-state index in [0.29, 0.717) is 0 Å². The van der Waals surface area contributed by atoms with Gasteiger partial charge < -0.3 is 4.90 Å². The first-order valence-electron chi connectivity index (χ1n) is 13.5. The molecule has 0 unspecified atom stereocenters. The minimum Gasteiger partial charge on any atom is -0.310 e. The van der Waals surface area contributed by atoms with Crippen LogP contribution >= 0.6 is 0 Å². The van der Waals surface area contributed by atoms with Crippen molar-refractivity contribution in [3.8, 4) is 0 Å². The van der Waals surface area contributed by atoms with Crippen LogP contribution in [0.3, 0.4) is 0 Å². The lowest BCUT2D eigenvalue weighted by Gasteiger charge is -2.25. The largest absolute Gasteiger partial charge is 0.310 e. The van der Waals surface area contributed by atoms with E-state index in [2.05, 4.69) is 144 Å². The molecule has 9 rings (SSSR count). The van der Waals surface area contributed by atoms with Gasteiger partial charge in [-0.3, -0.25) is 0 Å². The summed E-state index contributed by atoms with van der Waals surface area (Å²) in [5.41, 5.74) is 3.47. The zero-order valence-electron chi connectivity index (χ0n) is 21.2. The Morgan fingerprint density at radius 3 is 1.23 bits per heavy atom. The van der Waals surface area contributed by atoms with E-state index >= 15 is 0 Å². The first kappa shape index (κ1) is 20.9. The number of fused-ring (bicyclic) bond motifs is 8. The fourth-order valence-corrected chi connectivity index (χ4v) is 6.99. The van der Waals surface area contributed by atoms with Crippen molar-refractivity contribution in [1.29, 1.82) is 0 Å². The van der Waals surface area contributed by atoms with Gasteiger partial charge in [0, 0.05) is 17.1 Å². The Hall–Kier alpha value is -5.14. The van der Waals surface area contributed by atoms with Crippen molar-refractivity contribution in [3.63, 3.8) is 0 Å². The van der Waals surface area contributed by atoms with Crippen molar-refractivity contribution >= 4 is 81.7 Å². The van der Waals surface area contributed by atoms with E-state index in [1.165, 1.54) is 70.3 Å². The summed E-state index contributed by atoms with van der Waals surface area (Å²) in [6, 6.07) is 50.9. The molecular formula is C38H23N. The van der Waals surface area contributed by atoms with Gasteiger partial charge in [-0.05, 0) is 101 Å². The molecule has 0 aliphatic rings. The molecule has 0 saturated carbocycles. The first-order valence-corrected chi connectivity index (χ1v) is 13.5. The fraction of sp³-hybridized carbons (Fsp3) is 0. The van der Waals surface area contributed by atoms with Gasteiger partial charge in [0.15, 0.2) is 0 Å². The van der Waals surface area contributed by atoms with Crippen LogP contribution < -0.4 is 4.90 Å². The minimum atomic E-state index is 1.15. The number of hydrogen-bond donors (Lipinski definition) is 0. The van der Waals surface area contributed by atoms with E-state index in [1.54, 1.807) is 0 Å². The van der Waals surface area contributed by atoms with Gasteiger partial charge >= 0.3 is 0 Å². The van der Waals surface area contributed by atoms with E-state index in [0.717, 1.165) is 11.4 Å². The van der Waals surface area contributed by atoms with Crippen LogP contribution in [0.1, 0.15) is 0 Å². The average molecular weight is 494 g/mol. The van der Waals surface area contributed by atoms with Gasteiger partial charge in [0.05, 0.1) is 0 Å². The highest BCUT2D eigenvalue weighted by atomic mass is 15.1. The predicted molar refractivity (Wildman–Crippen MR) is 169 cm³/mol. The van der Waals surface area contributed by atoms with Crippen molar-refractivity contribution < 1.29 is 0 Å². The van der Waals surface area contributed by atoms with Crippen LogP contribution in [0.25, 0.3) is 64.6 Å². The molecule has 9 aromatic carbocycles. The van der Waals surface area contributed by atoms with Crippen LogP contribution in [0.4, 0.5) is 17.1 Å². The Balaban J connectivity index is 1.43. The number of rotatable bonds is 3. The lowest BCUT2D eigenvalue weighted by Crippen LogP contribution is -2.09. The standard InChI is InChI=1S/C38H23N/c1-3-11-24(12-4-1)39(25-13-5-2-6-14-25)26-21-22-31-34(23-26)30-18-10-20-32-35-28-16-8-7-15-27(28)29-17-9-19-33(36(29)35)38(31)37(30)32/h1-23H. The summed E-state index contributed by atoms with van der Waals surface area (Å²) in [7, 11) is 0. The normalized spacial score (nSPS) is 12.1. The molecule has 0 saturated heterocycles. The van der Waals surface area contributed by atoms with Crippen LogP contribution in [0, 0.1) is 0 Å². The molecule has 0 fully saturated rings. The minimum absolute atomic E-state index is 1.15. The molecule has 0 heterocycles. The maximum atomic E-state index is 2.39. The molecule has 0 aliphatic heterocycles. The van der Waals surface area contributed by atoms with E-state index in [1.807, 2.05) is 0 Å². The Bertz CT molecular complexity index is 2280. The molecule has 0 aliphatic carbocycles. The van der Waals surface area contributed by atoms with Crippen molar-refractivity contribution in [2.75, 3.05) is 4.90 Å². The molecule has 0 N–H and O–H groups in total. The second kappa shape index (κ2) is 7.69. The molecule has 0 bridgehead atoms. The fourth-order valence-electron chi connectivity index (χ4n) is 6.99. The first-order chi connectivity index (χ1) is 19.4. The van der Waals surface area contributed by atoms with Crippen molar-refractivity contribution in [1.82, 2.24) is 0 Å². The molecule has 9 aromatic rings. The average Bonchev–Trinajstić information content (AvgIpc) is 3.52. The van der Waals surface area contributed by atoms with Gasteiger partial charge in [-0.15, -0.1) is 0 Å². The molecule has 39 heavy (non-hydrogen) atoms. The topological polar surface area (TPSA) is 3.24 Å². The van der Waals surface area contributed by atoms with E-state index in [4.69, 9.17) is 0 Å². The summed E-state index contributed by atoms with van der Waals surface area (Å²) >= 11 is 0. The summed E-state index contributed by atoms with van der Waals surface area (Å²) in [6.07, 6.45) is 0. The van der Waals surface area contributed by atoms with E-state index < -0.39 is 0 Å². The van der Waals surface area contributed by atoms with E-state index in [9.17, 15) is 0 Å². The van der Waals surface area contributed by atoms with Gasteiger partial charge in [-0.2, -0.15) is 0 Å². The number of nitrogens with zero attached hydrogens (tertiary/aromatic N) is 1. The quantitative estimate of drug-likeness (QED) is 0.221. The lowest BCUT2D eigenvalue weighted by molar-refractivity contribution is 1.29. The molecule has 0 aromatic heterocycles. The Morgan fingerprint density at radius 1 is 0.256 bits per heavy atom.